The SMILES string of the molecule is CCOC(C(=O)Cc1c(Cl)cccc1Cl)C1CC1. The van der Waals surface area contributed by atoms with Crippen LogP contribution in [0, 0.1) is 5.92 Å². The number of ketones is 1. The quantitative estimate of drug-likeness (QED) is 0.792. The van der Waals surface area contributed by atoms with Gasteiger partial charge in [-0.2, -0.15) is 0 Å². The van der Waals surface area contributed by atoms with Crippen LogP contribution in [0.25, 0.3) is 0 Å². The second kappa shape index (κ2) is 6.05. The topological polar surface area (TPSA) is 26.3 Å². The maximum Gasteiger partial charge on any atom is 0.166 e. The van der Waals surface area contributed by atoms with Gasteiger partial charge in [-0.3, -0.25) is 4.79 Å². The fourth-order valence-electron chi connectivity index (χ4n) is 2.05. The molecule has 0 radical (unpaired) electrons. The fourth-order valence-corrected chi connectivity index (χ4v) is 2.58. The normalized spacial score (nSPS) is 16.6. The van der Waals surface area contributed by atoms with E-state index in [9.17, 15) is 4.79 Å². The molecule has 4 heteroatoms. The average molecular weight is 287 g/mol. The molecular formula is C14H16Cl2O2. The van der Waals surface area contributed by atoms with Gasteiger partial charge in [-0.1, -0.05) is 29.3 Å². The van der Waals surface area contributed by atoms with Gasteiger partial charge in [-0.05, 0) is 43.4 Å². The van der Waals surface area contributed by atoms with E-state index in [2.05, 4.69) is 0 Å². The van der Waals surface area contributed by atoms with Crippen LogP contribution in [-0.4, -0.2) is 18.5 Å². The average Bonchev–Trinajstić information content (AvgIpc) is 3.15. The molecule has 0 saturated heterocycles. The van der Waals surface area contributed by atoms with Gasteiger partial charge in [0.2, 0.25) is 0 Å². The van der Waals surface area contributed by atoms with Gasteiger partial charge in [0, 0.05) is 23.1 Å². The molecular weight excluding hydrogens is 271 g/mol. The van der Waals surface area contributed by atoms with Crippen LogP contribution >= 0.6 is 23.2 Å². The third-order valence-electron chi connectivity index (χ3n) is 3.13. The zero-order valence-corrected chi connectivity index (χ0v) is 11.8. The number of benzene rings is 1. The Bertz CT molecular complexity index is 421. The number of hydrogen-bond donors (Lipinski definition) is 0. The van der Waals surface area contributed by atoms with Gasteiger partial charge in [-0.25, -0.2) is 0 Å². The van der Waals surface area contributed by atoms with Crippen LogP contribution in [0.3, 0.4) is 0 Å². The summed E-state index contributed by atoms with van der Waals surface area (Å²) in [5.74, 6) is 0.466. The monoisotopic (exact) mass is 286 g/mol. The first kappa shape index (κ1) is 13.9. The van der Waals surface area contributed by atoms with Crippen molar-refractivity contribution in [1.29, 1.82) is 0 Å². The van der Waals surface area contributed by atoms with Crippen molar-refractivity contribution in [2.75, 3.05) is 6.61 Å². The number of hydrogen-bond acceptors (Lipinski definition) is 2. The molecule has 1 aromatic carbocycles. The third-order valence-corrected chi connectivity index (χ3v) is 3.83. The summed E-state index contributed by atoms with van der Waals surface area (Å²) in [5, 5.41) is 1.09. The molecule has 0 spiro atoms. The zero-order chi connectivity index (χ0) is 13.1. The molecule has 2 rings (SSSR count). The van der Waals surface area contributed by atoms with Gasteiger partial charge in [0.15, 0.2) is 5.78 Å². The Morgan fingerprint density at radius 2 is 2.00 bits per heavy atom. The predicted molar refractivity (Wildman–Crippen MR) is 73.3 cm³/mol. The Kier molecular flexibility index (Phi) is 4.66. The highest BCUT2D eigenvalue weighted by Gasteiger charge is 2.36. The Morgan fingerprint density at radius 1 is 1.39 bits per heavy atom. The first-order chi connectivity index (χ1) is 8.63. The molecule has 0 N–H and O–H groups in total. The summed E-state index contributed by atoms with van der Waals surface area (Å²) in [7, 11) is 0. The highest BCUT2D eigenvalue weighted by atomic mass is 35.5. The molecule has 1 saturated carbocycles. The van der Waals surface area contributed by atoms with E-state index in [0.717, 1.165) is 12.8 Å². The summed E-state index contributed by atoms with van der Waals surface area (Å²) < 4.78 is 5.54. The Morgan fingerprint density at radius 3 is 2.50 bits per heavy atom. The van der Waals surface area contributed by atoms with Crippen molar-refractivity contribution in [1.82, 2.24) is 0 Å². The van der Waals surface area contributed by atoms with E-state index in [4.69, 9.17) is 27.9 Å². The van der Waals surface area contributed by atoms with Crippen molar-refractivity contribution in [3.8, 4) is 0 Å². The summed E-state index contributed by atoms with van der Waals surface area (Å²) in [6.45, 7) is 2.47. The molecule has 0 amide bonds. The second-order valence-corrected chi connectivity index (χ2v) is 5.37. The first-order valence-electron chi connectivity index (χ1n) is 6.20. The summed E-state index contributed by atoms with van der Waals surface area (Å²) in [5.41, 5.74) is 0.705. The van der Waals surface area contributed by atoms with Crippen LogP contribution in [0.2, 0.25) is 10.0 Å². The number of Topliss-reactive ketones (excluding diaryl/α,β-unsaturated/α-hetero) is 1. The van der Waals surface area contributed by atoms with Crippen molar-refractivity contribution in [3.05, 3.63) is 33.8 Å². The number of rotatable bonds is 6. The van der Waals surface area contributed by atoms with Crippen LogP contribution in [0.15, 0.2) is 18.2 Å². The molecule has 1 unspecified atom stereocenters. The number of carbonyl (C=O) groups is 1. The predicted octanol–water partition coefficient (Wildman–Crippen LogP) is 3.92. The van der Waals surface area contributed by atoms with E-state index in [1.807, 2.05) is 6.92 Å². The van der Waals surface area contributed by atoms with Crippen LogP contribution in [0.4, 0.5) is 0 Å². The van der Waals surface area contributed by atoms with E-state index in [1.54, 1.807) is 18.2 Å². The van der Waals surface area contributed by atoms with Crippen molar-refractivity contribution in [3.63, 3.8) is 0 Å². The first-order valence-corrected chi connectivity index (χ1v) is 6.96. The summed E-state index contributed by atoms with van der Waals surface area (Å²) in [6, 6.07) is 5.28. The Hall–Kier alpha value is -0.570. The van der Waals surface area contributed by atoms with E-state index in [-0.39, 0.29) is 18.3 Å². The van der Waals surface area contributed by atoms with Crippen LogP contribution in [-0.2, 0) is 16.0 Å². The fraction of sp³-hybridized carbons (Fsp3) is 0.500. The van der Waals surface area contributed by atoms with Crippen molar-refractivity contribution < 1.29 is 9.53 Å². The van der Waals surface area contributed by atoms with Crippen LogP contribution in [0.1, 0.15) is 25.3 Å². The zero-order valence-electron chi connectivity index (χ0n) is 10.3. The summed E-state index contributed by atoms with van der Waals surface area (Å²) in [6.07, 6.45) is 2.11. The molecule has 0 aliphatic heterocycles. The molecule has 1 aromatic rings. The minimum absolute atomic E-state index is 0.0781. The lowest BCUT2D eigenvalue weighted by Gasteiger charge is -2.16. The lowest BCUT2D eigenvalue weighted by molar-refractivity contribution is -0.130. The lowest BCUT2D eigenvalue weighted by Crippen LogP contribution is -2.28. The molecule has 0 heterocycles. The van der Waals surface area contributed by atoms with Gasteiger partial charge in [0.1, 0.15) is 6.10 Å². The lowest BCUT2D eigenvalue weighted by atomic mass is 10.0. The minimum Gasteiger partial charge on any atom is -0.370 e. The van der Waals surface area contributed by atoms with Crippen molar-refractivity contribution in [2.24, 2.45) is 5.92 Å². The smallest absolute Gasteiger partial charge is 0.166 e. The van der Waals surface area contributed by atoms with E-state index in [1.165, 1.54) is 0 Å². The molecule has 0 aromatic heterocycles. The molecule has 1 aliphatic rings. The third kappa shape index (κ3) is 3.25. The minimum atomic E-state index is -0.290. The highest BCUT2D eigenvalue weighted by Crippen LogP contribution is 2.36. The number of carbonyl (C=O) groups excluding carboxylic acids is 1. The highest BCUT2D eigenvalue weighted by molar-refractivity contribution is 6.36. The van der Waals surface area contributed by atoms with E-state index >= 15 is 0 Å². The molecule has 98 valence electrons. The standard InChI is InChI=1S/C14H16Cl2O2/c1-2-18-14(9-6-7-9)13(17)8-10-11(15)4-3-5-12(10)16/h3-5,9,14H,2,6-8H2,1H3. The summed E-state index contributed by atoms with van der Waals surface area (Å²) in [4.78, 5) is 12.2. The van der Waals surface area contributed by atoms with Gasteiger partial charge in [0.05, 0.1) is 0 Å². The summed E-state index contributed by atoms with van der Waals surface area (Å²) >= 11 is 12.1. The van der Waals surface area contributed by atoms with Gasteiger partial charge in [-0.15, -0.1) is 0 Å². The maximum absolute atomic E-state index is 12.2. The molecule has 18 heavy (non-hydrogen) atoms. The van der Waals surface area contributed by atoms with E-state index in [0.29, 0.717) is 28.1 Å². The molecule has 1 fully saturated rings. The Labute approximate surface area is 117 Å². The largest absolute Gasteiger partial charge is 0.370 e. The molecule has 1 aliphatic carbocycles. The van der Waals surface area contributed by atoms with Crippen molar-refractivity contribution >= 4 is 29.0 Å². The number of halogens is 2. The molecule has 2 nitrogen and oxygen atoms in total. The van der Waals surface area contributed by atoms with Crippen molar-refractivity contribution in [2.45, 2.75) is 32.3 Å². The van der Waals surface area contributed by atoms with Gasteiger partial charge < -0.3 is 4.74 Å². The van der Waals surface area contributed by atoms with Gasteiger partial charge in [0.25, 0.3) is 0 Å². The van der Waals surface area contributed by atoms with Gasteiger partial charge >= 0.3 is 0 Å². The molecule has 0 bridgehead atoms. The van der Waals surface area contributed by atoms with E-state index < -0.39 is 0 Å². The Balaban J connectivity index is 2.10. The van der Waals surface area contributed by atoms with Crippen LogP contribution < -0.4 is 0 Å². The second-order valence-electron chi connectivity index (χ2n) is 4.56. The maximum atomic E-state index is 12.2. The van der Waals surface area contributed by atoms with Crippen LogP contribution in [0.5, 0.6) is 0 Å². The molecule has 1 atom stereocenters. The number of ether oxygens (including phenoxy) is 1.